The van der Waals surface area contributed by atoms with Gasteiger partial charge in [-0.2, -0.15) is 0 Å². The van der Waals surface area contributed by atoms with E-state index in [-0.39, 0.29) is 16.1 Å². The van der Waals surface area contributed by atoms with Crippen molar-refractivity contribution in [2.45, 2.75) is 52.7 Å². The third-order valence-corrected chi connectivity index (χ3v) is 9.88. The van der Waals surface area contributed by atoms with Gasteiger partial charge in [-0.25, -0.2) is 0 Å². The zero-order valence-corrected chi connectivity index (χ0v) is 25.3. The molecule has 37 heavy (non-hydrogen) atoms. The Morgan fingerprint density at radius 3 is 2.38 bits per heavy atom. The van der Waals surface area contributed by atoms with E-state index in [1.54, 1.807) is 0 Å². The summed E-state index contributed by atoms with van der Waals surface area (Å²) in [4.78, 5) is 0. The first kappa shape index (κ1) is 26.2. The number of thiol groups is 1. The predicted molar refractivity (Wildman–Crippen MR) is 167 cm³/mol. The molecule has 5 rings (SSSR count). The van der Waals surface area contributed by atoms with Crippen LogP contribution in [0.1, 0.15) is 63.4 Å². The van der Waals surface area contributed by atoms with Crippen molar-refractivity contribution in [2.75, 3.05) is 0 Å². The summed E-state index contributed by atoms with van der Waals surface area (Å²) in [6.07, 6.45) is 22.8. The molecule has 1 heterocycles. The average Bonchev–Trinajstić information content (AvgIpc) is 3.05. The van der Waals surface area contributed by atoms with Crippen LogP contribution in [0.4, 0.5) is 0 Å². The van der Waals surface area contributed by atoms with E-state index in [0.29, 0.717) is 0 Å². The first-order valence-corrected chi connectivity index (χ1v) is 14.7. The van der Waals surface area contributed by atoms with Crippen LogP contribution in [0.5, 0.6) is 0 Å². The number of nitrogens with zero attached hydrogens (tertiary/aromatic N) is 1. The fraction of sp³-hybridized carbons (Fsp3) is 0.294. The number of allylic oxidation sites excluding steroid dienone is 8. The number of hydrogen-bond acceptors (Lipinski definition) is 1. The van der Waals surface area contributed by atoms with Gasteiger partial charge in [-0.05, 0) is 6.42 Å². The molecule has 3 heteroatoms. The summed E-state index contributed by atoms with van der Waals surface area (Å²) in [5.74, 6) is 0. The molecule has 1 nitrogen and oxygen atoms in total. The summed E-state index contributed by atoms with van der Waals surface area (Å²) in [6.45, 7) is 11.2. The van der Waals surface area contributed by atoms with Crippen LogP contribution in [0.15, 0.2) is 78.9 Å². The molecule has 0 saturated carbocycles. The van der Waals surface area contributed by atoms with Crippen LogP contribution in [0.25, 0.3) is 39.8 Å². The fourth-order valence-corrected chi connectivity index (χ4v) is 6.10. The Balaban J connectivity index is 1.61. The van der Waals surface area contributed by atoms with Crippen molar-refractivity contribution in [3.63, 3.8) is 0 Å². The zero-order chi connectivity index (χ0) is 26.4. The third kappa shape index (κ3) is 4.80. The average molecular weight is 566 g/mol. The van der Waals surface area contributed by atoms with Crippen LogP contribution in [-0.2, 0) is 6.42 Å². The van der Waals surface area contributed by atoms with E-state index < -0.39 is 0 Å². The first-order chi connectivity index (χ1) is 17.7. The van der Waals surface area contributed by atoms with Gasteiger partial charge in [0.2, 0.25) is 0 Å². The van der Waals surface area contributed by atoms with Crippen molar-refractivity contribution < 1.29 is 0 Å². The van der Waals surface area contributed by atoms with Crippen molar-refractivity contribution in [1.29, 1.82) is 0 Å². The van der Waals surface area contributed by atoms with Gasteiger partial charge in [-0.3, -0.25) is 0 Å². The second-order valence-corrected chi connectivity index (χ2v) is 12.6. The Kier molecular flexibility index (Phi) is 7.12. The van der Waals surface area contributed by atoms with Crippen molar-refractivity contribution in [2.24, 2.45) is 10.8 Å². The van der Waals surface area contributed by atoms with Gasteiger partial charge in [0.1, 0.15) is 0 Å². The molecule has 0 N–H and O–H groups in total. The van der Waals surface area contributed by atoms with Crippen LogP contribution >= 0.6 is 12.6 Å². The molecule has 0 aliphatic heterocycles. The van der Waals surface area contributed by atoms with Gasteiger partial charge < -0.3 is 0 Å². The maximum absolute atomic E-state index is 4.76. The predicted octanol–water partition coefficient (Wildman–Crippen LogP) is 9.09. The fourth-order valence-electron chi connectivity index (χ4n) is 5.20. The number of fused-ring (bicyclic) bond motifs is 3. The van der Waals surface area contributed by atoms with Gasteiger partial charge in [-0.1, -0.05) is 13.8 Å². The van der Waals surface area contributed by atoms with E-state index in [1.807, 2.05) is 0 Å². The molecule has 3 aromatic rings. The van der Waals surface area contributed by atoms with Gasteiger partial charge >= 0.3 is 218 Å². The quantitative estimate of drug-likeness (QED) is 0.233. The van der Waals surface area contributed by atoms with Crippen LogP contribution < -0.4 is 0 Å². The van der Waals surface area contributed by atoms with Crippen LogP contribution in [-0.4, -0.2) is 25.8 Å². The number of hydrogen-bond donors (Lipinski definition) is 1. The Labute approximate surface area is 236 Å². The topological polar surface area (TPSA) is 4.93 Å². The molecule has 2 aromatic carbocycles. The van der Waals surface area contributed by atoms with Gasteiger partial charge in [0.05, 0.1) is 0 Å². The normalized spacial score (nSPS) is 23.6. The Morgan fingerprint density at radius 2 is 1.65 bits per heavy atom. The van der Waals surface area contributed by atoms with Crippen molar-refractivity contribution in [3.05, 3.63) is 101 Å². The molecule has 188 valence electrons. The number of rotatable bonds is 5. The molecule has 0 amide bonds. The Bertz CT molecular complexity index is 1510. The van der Waals surface area contributed by atoms with Gasteiger partial charge in [0, 0.05) is 0 Å². The molecule has 2 aliphatic carbocycles. The molecule has 3 atom stereocenters. The molecular weight excluding hydrogens is 529 g/mol. The SMILES string of the molecule is CCc1ccc(-c2ccc3c(c2)c2c(n3[As])C=CC(C)(C(C)S)C=C2)cc1C1=CC=CC(C)(CC)C=C1. The second-order valence-electron chi connectivity index (χ2n) is 11.0. The Hall–Kier alpha value is -2.41. The van der Waals surface area contributed by atoms with Crippen LogP contribution in [0, 0.1) is 10.8 Å². The molecule has 2 radical (unpaired) electrons. The monoisotopic (exact) mass is 565 g/mol. The zero-order valence-electron chi connectivity index (χ0n) is 22.5. The van der Waals surface area contributed by atoms with Crippen molar-refractivity contribution >= 4 is 58.3 Å². The van der Waals surface area contributed by atoms with E-state index in [9.17, 15) is 0 Å². The van der Waals surface area contributed by atoms with E-state index in [0.717, 1.165) is 12.8 Å². The van der Waals surface area contributed by atoms with E-state index in [4.69, 9.17) is 12.6 Å². The molecule has 0 spiro atoms. The van der Waals surface area contributed by atoms with E-state index in [1.165, 1.54) is 50.0 Å². The number of aryl methyl sites for hydroxylation is 1. The van der Waals surface area contributed by atoms with E-state index >= 15 is 0 Å². The van der Waals surface area contributed by atoms with E-state index in [2.05, 4.69) is 146 Å². The third-order valence-electron chi connectivity index (χ3n) is 8.42. The minimum atomic E-state index is -0.0772. The van der Waals surface area contributed by atoms with Gasteiger partial charge in [0.15, 0.2) is 0 Å². The summed E-state index contributed by atoms with van der Waals surface area (Å²) in [6, 6.07) is 13.8. The Morgan fingerprint density at radius 1 is 0.919 bits per heavy atom. The second kappa shape index (κ2) is 10.0. The maximum atomic E-state index is 4.76. The van der Waals surface area contributed by atoms with Gasteiger partial charge in [-0.15, -0.1) is 0 Å². The molecular formula is C34H36AsNS. The summed E-state index contributed by atoms with van der Waals surface area (Å²) in [5, 5.41) is 1.51. The minimum absolute atomic E-state index is 0.0772. The number of benzene rings is 2. The summed E-state index contributed by atoms with van der Waals surface area (Å²) < 4.78 is 2.25. The molecule has 3 unspecified atom stereocenters. The van der Waals surface area contributed by atoms with Gasteiger partial charge in [0.25, 0.3) is 0 Å². The van der Waals surface area contributed by atoms with Crippen molar-refractivity contribution in [1.82, 2.24) is 3.48 Å². The van der Waals surface area contributed by atoms with Crippen LogP contribution in [0.2, 0.25) is 0 Å². The molecule has 1 aromatic heterocycles. The van der Waals surface area contributed by atoms with Crippen molar-refractivity contribution in [3.8, 4) is 11.1 Å². The number of aromatic nitrogens is 1. The summed E-state index contributed by atoms with van der Waals surface area (Å²) in [5.41, 5.74) is 10.3. The standard InChI is InChI=1S/C34H36AsNS/c1-6-24-10-11-26(21-29(24)25-9-8-17-33(4,7-2)18-14-25)27-12-13-31-30(22-27)28-15-19-34(5,23(3)37)20-16-32(28)36(31)35/h8-23,37H,6-7H2,1-5H3. The molecule has 2 aliphatic rings. The summed E-state index contributed by atoms with van der Waals surface area (Å²) in [7, 11) is 0. The molecule has 0 saturated heterocycles. The first-order valence-electron chi connectivity index (χ1n) is 13.3. The summed E-state index contributed by atoms with van der Waals surface area (Å²) >= 11 is 7.48. The molecule has 0 fully saturated rings. The van der Waals surface area contributed by atoms with Crippen LogP contribution in [0.3, 0.4) is 0 Å². The molecule has 0 bridgehead atoms.